The van der Waals surface area contributed by atoms with Gasteiger partial charge in [0.15, 0.2) is 0 Å². The van der Waals surface area contributed by atoms with Crippen LogP contribution in [-0.2, 0) is 9.59 Å². The molecule has 0 saturated carbocycles. The normalized spacial score (nSPS) is 18.2. The molecule has 1 aliphatic heterocycles. The highest BCUT2D eigenvalue weighted by Crippen LogP contribution is 2.24. The Labute approximate surface area is 85.6 Å². The fraction of sp³-hybridized carbons (Fsp3) is 0.750. The number of alkyl halides is 1. The third kappa shape index (κ3) is 2.21. The summed E-state index contributed by atoms with van der Waals surface area (Å²) < 4.78 is -0.546. The van der Waals surface area contributed by atoms with Crippen molar-refractivity contribution in [2.75, 3.05) is 13.1 Å². The number of nitrogens with zero attached hydrogens (tertiary/aromatic N) is 1. The zero-order valence-corrected chi connectivity index (χ0v) is 9.30. The summed E-state index contributed by atoms with van der Waals surface area (Å²) in [5.41, 5.74) is 5.08. The minimum atomic E-state index is -0.546. The van der Waals surface area contributed by atoms with Crippen LogP contribution in [0, 0.1) is 5.92 Å². The van der Waals surface area contributed by atoms with Gasteiger partial charge in [-0.25, -0.2) is 0 Å². The van der Waals surface area contributed by atoms with Crippen LogP contribution in [0.2, 0.25) is 0 Å². The van der Waals surface area contributed by atoms with E-state index in [1.807, 2.05) is 0 Å². The number of halogens is 1. The number of rotatable bonds is 2. The molecule has 0 radical (unpaired) electrons. The van der Waals surface area contributed by atoms with Gasteiger partial charge in [-0.15, -0.1) is 0 Å². The zero-order valence-electron chi connectivity index (χ0n) is 7.71. The van der Waals surface area contributed by atoms with Gasteiger partial charge in [0.05, 0.1) is 10.2 Å². The second-order valence-corrected chi connectivity index (χ2v) is 5.76. The van der Waals surface area contributed by atoms with Gasteiger partial charge in [0.25, 0.3) is 0 Å². The van der Waals surface area contributed by atoms with Crippen LogP contribution in [0.5, 0.6) is 0 Å². The molecule has 1 saturated heterocycles. The van der Waals surface area contributed by atoms with Crippen molar-refractivity contribution in [2.45, 2.75) is 18.2 Å². The zero-order chi connectivity index (χ0) is 10.2. The average molecular weight is 249 g/mol. The van der Waals surface area contributed by atoms with Gasteiger partial charge < -0.3 is 10.6 Å². The van der Waals surface area contributed by atoms with Gasteiger partial charge >= 0.3 is 0 Å². The van der Waals surface area contributed by atoms with E-state index in [9.17, 15) is 9.59 Å². The molecule has 4 nitrogen and oxygen atoms in total. The lowest BCUT2D eigenvalue weighted by molar-refractivity contribution is -0.143. The summed E-state index contributed by atoms with van der Waals surface area (Å²) in [5, 5.41) is 0. The lowest BCUT2D eigenvalue weighted by Crippen LogP contribution is -2.58. The SMILES string of the molecule is CC(C)(Br)C(=O)N1CC(C(N)=O)C1. The molecule has 1 aliphatic rings. The van der Waals surface area contributed by atoms with E-state index < -0.39 is 4.32 Å². The molecule has 1 heterocycles. The van der Waals surface area contributed by atoms with E-state index >= 15 is 0 Å². The Kier molecular flexibility index (Phi) is 2.66. The van der Waals surface area contributed by atoms with E-state index in [1.165, 1.54) is 0 Å². The van der Waals surface area contributed by atoms with Gasteiger partial charge in [-0.05, 0) is 13.8 Å². The highest BCUT2D eigenvalue weighted by Gasteiger charge is 2.39. The largest absolute Gasteiger partial charge is 0.369 e. The summed E-state index contributed by atoms with van der Waals surface area (Å²) in [5.74, 6) is -0.472. The maximum atomic E-state index is 11.5. The predicted octanol–water partition coefficient (Wildman–Crippen LogP) is 0.104. The van der Waals surface area contributed by atoms with Crippen molar-refractivity contribution >= 4 is 27.7 Å². The Morgan fingerprint density at radius 2 is 1.92 bits per heavy atom. The molecule has 1 rings (SSSR count). The smallest absolute Gasteiger partial charge is 0.238 e. The summed E-state index contributed by atoms with van der Waals surface area (Å²) in [7, 11) is 0. The van der Waals surface area contributed by atoms with Crippen molar-refractivity contribution in [2.24, 2.45) is 11.7 Å². The van der Waals surface area contributed by atoms with Crippen molar-refractivity contribution in [3.8, 4) is 0 Å². The standard InChI is InChI=1S/C8H13BrN2O2/c1-8(2,9)7(13)11-3-5(4-11)6(10)12/h5H,3-4H2,1-2H3,(H2,10,12). The first kappa shape index (κ1) is 10.5. The van der Waals surface area contributed by atoms with Crippen LogP contribution < -0.4 is 5.73 Å². The topological polar surface area (TPSA) is 63.4 Å². The van der Waals surface area contributed by atoms with Crippen LogP contribution in [0.15, 0.2) is 0 Å². The maximum absolute atomic E-state index is 11.5. The quantitative estimate of drug-likeness (QED) is 0.705. The van der Waals surface area contributed by atoms with E-state index in [2.05, 4.69) is 15.9 Å². The molecule has 2 N–H and O–H groups in total. The number of hydrogen-bond donors (Lipinski definition) is 1. The van der Waals surface area contributed by atoms with Crippen LogP contribution in [0.3, 0.4) is 0 Å². The fourth-order valence-electron chi connectivity index (χ4n) is 1.20. The van der Waals surface area contributed by atoms with Gasteiger partial charge in [-0.1, -0.05) is 15.9 Å². The van der Waals surface area contributed by atoms with Crippen LogP contribution in [0.25, 0.3) is 0 Å². The van der Waals surface area contributed by atoms with E-state index in [0.717, 1.165) is 0 Å². The summed E-state index contributed by atoms with van der Waals surface area (Å²) in [4.78, 5) is 23.8. The molecule has 0 bridgehead atoms. The monoisotopic (exact) mass is 248 g/mol. The molecule has 74 valence electrons. The number of carbonyl (C=O) groups excluding carboxylic acids is 2. The number of amides is 2. The molecule has 0 aromatic carbocycles. The molecule has 5 heteroatoms. The summed E-state index contributed by atoms with van der Waals surface area (Å²) in [6.07, 6.45) is 0. The Balaban J connectivity index is 2.44. The van der Waals surface area contributed by atoms with E-state index in [0.29, 0.717) is 13.1 Å². The second-order valence-electron chi connectivity index (χ2n) is 3.78. The number of primary amides is 1. The Hall–Kier alpha value is -0.580. The number of hydrogen-bond acceptors (Lipinski definition) is 2. The Bertz CT molecular complexity index is 241. The number of nitrogens with two attached hydrogens (primary N) is 1. The van der Waals surface area contributed by atoms with E-state index in [4.69, 9.17) is 5.73 Å². The minimum absolute atomic E-state index is 0.00463. The van der Waals surface area contributed by atoms with Crippen LogP contribution >= 0.6 is 15.9 Å². The summed E-state index contributed by atoms with van der Waals surface area (Å²) in [6.45, 7) is 4.49. The number of carbonyl (C=O) groups is 2. The molecule has 0 unspecified atom stereocenters. The number of likely N-dealkylation sites (tertiary alicyclic amines) is 1. The van der Waals surface area contributed by atoms with Crippen molar-refractivity contribution in [1.29, 1.82) is 0 Å². The molecule has 0 aromatic rings. The maximum Gasteiger partial charge on any atom is 0.238 e. The average Bonchev–Trinajstić information content (AvgIpc) is 1.80. The van der Waals surface area contributed by atoms with E-state index in [1.54, 1.807) is 18.7 Å². The molecule has 0 spiro atoms. The van der Waals surface area contributed by atoms with Gasteiger partial charge in [-0.3, -0.25) is 9.59 Å². The molecule has 13 heavy (non-hydrogen) atoms. The molecular weight excluding hydrogens is 236 g/mol. The van der Waals surface area contributed by atoms with Crippen molar-refractivity contribution in [1.82, 2.24) is 4.90 Å². The fourth-order valence-corrected chi connectivity index (χ4v) is 1.45. The second kappa shape index (κ2) is 3.29. The van der Waals surface area contributed by atoms with Gasteiger partial charge in [0.1, 0.15) is 0 Å². The third-order valence-corrected chi connectivity index (χ3v) is 2.42. The highest BCUT2D eigenvalue weighted by molar-refractivity contribution is 9.10. The first-order valence-electron chi connectivity index (χ1n) is 4.10. The van der Waals surface area contributed by atoms with Crippen molar-refractivity contribution < 1.29 is 9.59 Å². The van der Waals surface area contributed by atoms with Gasteiger partial charge in [0, 0.05) is 13.1 Å². The lowest BCUT2D eigenvalue weighted by Gasteiger charge is -2.40. The summed E-state index contributed by atoms with van der Waals surface area (Å²) in [6, 6.07) is 0. The molecule has 1 fully saturated rings. The summed E-state index contributed by atoms with van der Waals surface area (Å²) >= 11 is 3.27. The third-order valence-electron chi connectivity index (χ3n) is 2.08. The Morgan fingerprint density at radius 1 is 1.46 bits per heavy atom. The lowest BCUT2D eigenvalue weighted by atomic mass is 9.97. The minimum Gasteiger partial charge on any atom is -0.369 e. The highest BCUT2D eigenvalue weighted by atomic mass is 79.9. The van der Waals surface area contributed by atoms with E-state index in [-0.39, 0.29) is 17.7 Å². The van der Waals surface area contributed by atoms with Crippen LogP contribution in [-0.4, -0.2) is 34.1 Å². The Morgan fingerprint density at radius 3 is 2.23 bits per heavy atom. The predicted molar refractivity (Wildman–Crippen MR) is 52.3 cm³/mol. The molecular formula is C8H13BrN2O2. The molecule has 0 aliphatic carbocycles. The van der Waals surface area contributed by atoms with Crippen LogP contribution in [0.1, 0.15) is 13.8 Å². The van der Waals surface area contributed by atoms with Gasteiger partial charge in [-0.2, -0.15) is 0 Å². The van der Waals surface area contributed by atoms with Crippen molar-refractivity contribution in [3.05, 3.63) is 0 Å². The first-order chi connectivity index (χ1) is 5.82. The molecule has 0 aromatic heterocycles. The van der Waals surface area contributed by atoms with Crippen LogP contribution in [0.4, 0.5) is 0 Å². The molecule has 0 atom stereocenters. The van der Waals surface area contributed by atoms with Crippen molar-refractivity contribution in [3.63, 3.8) is 0 Å². The first-order valence-corrected chi connectivity index (χ1v) is 4.89. The van der Waals surface area contributed by atoms with Gasteiger partial charge in [0.2, 0.25) is 11.8 Å². The molecule has 2 amide bonds.